The van der Waals surface area contributed by atoms with Gasteiger partial charge in [0.15, 0.2) is 0 Å². The van der Waals surface area contributed by atoms with Crippen molar-refractivity contribution in [1.29, 1.82) is 0 Å². The lowest BCUT2D eigenvalue weighted by atomic mass is 10.0. The number of nitrogens with one attached hydrogen (secondary N) is 1. The van der Waals surface area contributed by atoms with Crippen molar-refractivity contribution in [1.82, 2.24) is 4.98 Å². The Bertz CT molecular complexity index is 882. The molecular formula is C21H20N2O2. The zero-order valence-corrected chi connectivity index (χ0v) is 14.5. The van der Waals surface area contributed by atoms with E-state index in [9.17, 15) is 4.79 Å². The first kappa shape index (κ1) is 16.7. The van der Waals surface area contributed by atoms with Crippen LogP contribution in [0, 0.1) is 20.8 Å². The number of benzene rings is 2. The molecule has 0 fully saturated rings. The molecule has 4 heteroatoms. The average Bonchev–Trinajstić information content (AvgIpc) is 2.58. The average molecular weight is 332 g/mol. The van der Waals surface area contributed by atoms with Crippen LogP contribution in [0.25, 0.3) is 0 Å². The van der Waals surface area contributed by atoms with Crippen molar-refractivity contribution >= 4 is 11.6 Å². The lowest BCUT2D eigenvalue weighted by Gasteiger charge is -2.11. The molecule has 1 amide bonds. The van der Waals surface area contributed by atoms with Crippen LogP contribution < -0.4 is 10.1 Å². The molecule has 25 heavy (non-hydrogen) atoms. The third-order valence-electron chi connectivity index (χ3n) is 4.01. The molecule has 1 heterocycles. The molecular weight excluding hydrogens is 312 g/mol. The van der Waals surface area contributed by atoms with Crippen LogP contribution in [0.2, 0.25) is 0 Å². The molecule has 0 saturated heterocycles. The molecule has 1 aromatic heterocycles. The molecule has 0 aliphatic rings. The zero-order valence-electron chi connectivity index (χ0n) is 14.5. The van der Waals surface area contributed by atoms with Crippen molar-refractivity contribution in [3.8, 4) is 11.6 Å². The van der Waals surface area contributed by atoms with Crippen LogP contribution >= 0.6 is 0 Å². The van der Waals surface area contributed by atoms with Gasteiger partial charge in [-0.25, -0.2) is 4.98 Å². The van der Waals surface area contributed by atoms with E-state index >= 15 is 0 Å². The summed E-state index contributed by atoms with van der Waals surface area (Å²) in [5.41, 5.74) is 4.26. The summed E-state index contributed by atoms with van der Waals surface area (Å²) >= 11 is 0. The van der Waals surface area contributed by atoms with Gasteiger partial charge in [0.25, 0.3) is 5.91 Å². The van der Waals surface area contributed by atoms with E-state index in [1.165, 1.54) is 0 Å². The topological polar surface area (TPSA) is 51.2 Å². The van der Waals surface area contributed by atoms with Gasteiger partial charge in [-0.3, -0.25) is 4.79 Å². The van der Waals surface area contributed by atoms with E-state index in [-0.39, 0.29) is 5.91 Å². The monoisotopic (exact) mass is 332 g/mol. The smallest absolute Gasteiger partial charge is 0.256 e. The van der Waals surface area contributed by atoms with Crippen LogP contribution in [0.3, 0.4) is 0 Å². The predicted molar refractivity (Wildman–Crippen MR) is 99.4 cm³/mol. The number of aromatic nitrogens is 1. The molecule has 3 rings (SSSR count). The molecule has 0 unspecified atom stereocenters. The van der Waals surface area contributed by atoms with Gasteiger partial charge in [0.2, 0.25) is 5.88 Å². The van der Waals surface area contributed by atoms with Crippen LogP contribution in [-0.4, -0.2) is 10.9 Å². The quantitative estimate of drug-likeness (QED) is 0.727. The van der Waals surface area contributed by atoms with Crippen molar-refractivity contribution in [2.24, 2.45) is 0 Å². The van der Waals surface area contributed by atoms with Gasteiger partial charge < -0.3 is 10.1 Å². The molecule has 0 atom stereocenters. The Morgan fingerprint density at radius 3 is 2.20 bits per heavy atom. The Morgan fingerprint density at radius 1 is 0.880 bits per heavy atom. The molecule has 0 radical (unpaired) electrons. The maximum atomic E-state index is 12.5. The molecule has 3 aromatic rings. The summed E-state index contributed by atoms with van der Waals surface area (Å²) in [4.78, 5) is 16.8. The summed E-state index contributed by atoms with van der Waals surface area (Å²) in [5, 5.41) is 2.89. The highest BCUT2D eigenvalue weighted by atomic mass is 16.5. The highest BCUT2D eigenvalue weighted by molar-refractivity contribution is 6.06. The molecule has 0 aliphatic heterocycles. The van der Waals surface area contributed by atoms with Gasteiger partial charge >= 0.3 is 0 Å². The van der Waals surface area contributed by atoms with E-state index in [1.54, 1.807) is 18.3 Å². The Labute approximate surface area is 147 Å². The van der Waals surface area contributed by atoms with Gasteiger partial charge in [-0.2, -0.15) is 0 Å². The van der Waals surface area contributed by atoms with E-state index in [0.717, 1.165) is 22.4 Å². The second-order valence-electron chi connectivity index (χ2n) is 5.97. The van der Waals surface area contributed by atoms with E-state index in [4.69, 9.17) is 4.74 Å². The number of anilines is 1. The maximum absolute atomic E-state index is 12.5. The summed E-state index contributed by atoms with van der Waals surface area (Å²) in [5.74, 6) is 1.12. The van der Waals surface area contributed by atoms with Crippen molar-refractivity contribution in [2.75, 3.05) is 5.32 Å². The summed E-state index contributed by atoms with van der Waals surface area (Å²) in [6, 6.07) is 17.1. The standard InChI is InChI=1S/C21H20N2O2/c1-14-7-4-5-10-18(14)25-19-12-11-17(13-22-19)23-21(24)20-15(2)8-6-9-16(20)3/h4-13H,1-3H3,(H,23,24). The van der Waals surface area contributed by atoms with Crippen LogP contribution in [0.1, 0.15) is 27.0 Å². The van der Waals surface area contributed by atoms with Gasteiger partial charge in [-0.1, -0.05) is 36.4 Å². The second kappa shape index (κ2) is 7.18. The van der Waals surface area contributed by atoms with Gasteiger partial charge in [0.05, 0.1) is 11.9 Å². The molecule has 126 valence electrons. The van der Waals surface area contributed by atoms with Crippen molar-refractivity contribution in [2.45, 2.75) is 20.8 Å². The lowest BCUT2D eigenvalue weighted by Crippen LogP contribution is -2.15. The fraction of sp³-hybridized carbons (Fsp3) is 0.143. The number of rotatable bonds is 4. The van der Waals surface area contributed by atoms with Gasteiger partial charge in [-0.15, -0.1) is 0 Å². The van der Waals surface area contributed by atoms with Crippen molar-refractivity contribution in [3.05, 3.63) is 83.0 Å². The number of pyridine rings is 1. The first-order valence-corrected chi connectivity index (χ1v) is 8.11. The number of amides is 1. The highest BCUT2D eigenvalue weighted by Crippen LogP contribution is 2.24. The molecule has 0 bridgehead atoms. The maximum Gasteiger partial charge on any atom is 0.256 e. The van der Waals surface area contributed by atoms with Crippen molar-refractivity contribution < 1.29 is 9.53 Å². The Morgan fingerprint density at radius 2 is 1.56 bits per heavy atom. The number of hydrogen-bond acceptors (Lipinski definition) is 3. The Kier molecular flexibility index (Phi) is 4.80. The molecule has 2 aromatic carbocycles. The Balaban J connectivity index is 1.73. The Hall–Kier alpha value is -3.14. The first-order valence-electron chi connectivity index (χ1n) is 8.11. The van der Waals surface area contributed by atoms with E-state index < -0.39 is 0 Å². The van der Waals surface area contributed by atoms with E-state index in [0.29, 0.717) is 17.1 Å². The van der Waals surface area contributed by atoms with Crippen LogP contribution in [0.4, 0.5) is 5.69 Å². The second-order valence-corrected chi connectivity index (χ2v) is 5.97. The fourth-order valence-corrected chi connectivity index (χ4v) is 2.66. The number of aryl methyl sites for hydroxylation is 3. The SMILES string of the molecule is Cc1ccccc1Oc1ccc(NC(=O)c2c(C)cccc2C)cn1. The number of ether oxygens (including phenoxy) is 1. The minimum atomic E-state index is -0.134. The summed E-state index contributed by atoms with van der Waals surface area (Å²) in [7, 11) is 0. The van der Waals surface area contributed by atoms with Crippen molar-refractivity contribution in [3.63, 3.8) is 0 Å². The number of nitrogens with zero attached hydrogens (tertiary/aromatic N) is 1. The summed E-state index contributed by atoms with van der Waals surface area (Å²) in [6.07, 6.45) is 1.60. The third kappa shape index (κ3) is 3.86. The molecule has 1 N–H and O–H groups in total. The normalized spacial score (nSPS) is 10.4. The minimum Gasteiger partial charge on any atom is -0.439 e. The lowest BCUT2D eigenvalue weighted by molar-refractivity contribution is 0.102. The van der Waals surface area contributed by atoms with Gasteiger partial charge in [0.1, 0.15) is 5.75 Å². The van der Waals surface area contributed by atoms with Crippen LogP contribution in [0.15, 0.2) is 60.8 Å². The van der Waals surface area contributed by atoms with E-state index in [1.807, 2.05) is 63.2 Å². The minimum absolute atomic E-state index is 0.134. The fourth-order valence-electron chi connectivity index (χ4n) is 2.66. The zero-order chi connectivity index (χ0) is 17.8. The number of para-hydroxylation sites is 1. The molecule has 0 spiro atoms. The molecule has 0 aliphatic carbocycles. The predicted octanol–water partition coefficient (Wildman–Crippen LogP) is 5.05. The molecule has 4 nitrogen and oxygen atoms in total. The summed E-state index contributed by atoms with van der Waals surface area (Å²) in [6.45, 7) is 5.84. The molecule has 0 saturated carbocycles. The highest BCUT2D eigenvalue weighted by Gasteiger charge is 2.12. The number of carbonyl (C=O) groups is 1. The largest absolute Gasteiger partial charge is 0.439 e. The van der Waals surface area contributed by atoms with Crippen LogP contribution in [0.5, 0.6) is 11.6 Å². The number of hydrogen-bond donors (Lipinski definition) is 1. The van der Waals surface area contributed by atoms with E-state index in [2.05, 4.69) is 10.3 Å². The van der Waals surface area contributed by atoms with Gasteiger partial charge in [0, 0.05) is 11.6 Å². The van der Waals surface area contributed by atoms with Crippen LogP contribution in [-0.2, 0) is 0 Å². The van der Waals surface area contributed by atoms with Gasteiger partial charge in [-0.05, 0) is 49.6 Å². The third-order valence-corrected chi connectivity index (χ3v) is 4.01. The number of carbonyl (C=O) groups excluding carboxylic acids is 1. The first-order chi connectivity index (χ1) is 12.0. The summed E-state index contributed by atoms with van der Waals surface area (Å²) < 4.78 is 5.77.